The molecule has 39 heavy (non-hydrogen) atoms. The van der Waals surface area contributed by atoms with Crippen LogP contribution < -0.4 is 4.72 Å². The van der Waals surface area contributed by atoms with Crippen molar-refractivity contribution in [1.29, 1.82) is 0 Å². The van der Waals surface area contributed by atoms with E-state index in [-0.39, 0.29) is 4.90 Å². The molecule has 0 amide bonds. The van der Waals surface area contributed by atoms with E-state index in [9.17, 15) is 8.42 Å². The third kappa shape index (κ3) is 5.81. The third-order valence-corrected chi connectivity index (χ3v) is 8.51. The lowest BCUT2D eigenvalue weighted by molar-refractivity contribution is 0.590. The number of rotatable bonds is 7. The van der Waals surface area contributed by atoms with Gasteiger partial charge in [-0.1, -0.05) is 102 Å². The number of nitrogens with one attached hydrogen (secondary N) is 1. The van der Waals surface area contributed by atoms with E-state index in [4.69, 9.17) is 0 Å². The van der Waals surface area contributed by atoms with E-state index in [1.807, 2.05) is 32.0 Å². The monoisotopic (exact) mass is 531 g/mol. The molecule has 0 aliphatic heterocycles. The van der Waals surface area contributed by atoms with Crippen LogP contribution in [0, 0.1) is 27.7 Å². The topological polar surface area (TPSA) is 46.2 Å². The molecule has 2 aliphatic rings. The molecular formula is C35H33NO2S. The molecule has 0 heterocycles. The molecule has 0 aromatic heterocycles. The molecule has 0 atom stereocenters. The maximum atomic E-state index is 13.2. The Morgan fingerprint density at radius 3 is 2.00 bits per heavy atom. The van der Waals surface area contributed by atoms with E-state index in [2.05, 4.69) is 91.4 Å². The number of hydrogen-bond acceptors (Lipinski definition) is 2. The first-order chi connectivity index (χ1) is 18.7. The number of fused-ring (bicyclic) bond motifs is 1. The molecule has 4 heteroatoms. The van der Waals surface area contributed by atoms with Crippen LogP contribution in [0.5, 0.6) is 0 Å². The fourth-order valence-electron chi connectivity index (χ4n) is 4.99. The summed E-state index contributed by atoms with van der Waals surface area (Å²) in [6, 6.07) is 34.4. The third-order valence-electron chi connectivity index (χ3n) is 7.19. The van der Waals surface area contributed by atoms with Crippen LogP contribution in [0.1, 0.15) is 44.5 Å². The normalized spacial score (nSPS) is 12.1. The predicted molar refractivity (Wildman–Crippen MR) is 162 cm³/mol. The summed E-state index contributed by atoms with van der Waals surface area (Å²) in [5.41, 5.74) is 12.1. The van der Waals surface area contributed by atoms with Crippen molar-refractivity contribution in [3.63, 3.8) is 0 Å². The summed E-state index contributed by atoms with van der Waals surface area (Å²) < 4.78 is 29.2. The van der Waals surface area contributed by atoms with Crippen molar-refractivity contribution in [3.8, 4) is 11.1 Å². The lowest BCUT2D eigenvalue weighted by Crippen LogP contribution is -2.18. The average molecular weight is 532 g/mol. The predicted octanol–water partition coefficient (Wildman–Crippen LogP) is 7.98. The first-order valence-electron chi connectivity index (χ1n) is 13.1. The van der Waals surface area contributed by atoms with Gasteiger partial charge in [0.05, 0.1) is 4.90 Å². The Kier molecular flexibility index (Phi) is 7.40. The highest BCUT2D eigenvalue weighted by molar-refractivity contribution is 7.89. The molecule has 2 aliphatic carbocycles. The summed E-state index contributed by atoms with van der Waals surface area (Å²) in [5.74, 6) is 0. The Morgan fingerprint density at radius 2 is 1.33 bits per heavy atom. The van der Waals surface area contributed by atoms with E-state index in [1.54, 1.807) is 18.3 Å². The van der Waals surface area contributed by atoms with E-state index in [1.165, 1.54) is 16.7 Å². The van der Waals surface area contributed by atoms with Crippen LogP contribution in [-0.4, -0.2) is 8.42 Å². The molecule has 0 bridgehead atoms. The molecule has 3 nitrogen and oxygen atoms in total. The fraction of sp³-hybridized carbons (Fsp3) is 0.143. The van der Waals surface area contributed by atoms with Crippen LogP contribution in [0.15, 0.2) is 114 Å². The van der Waals surface area contributed by atoms with Gasteiger partial charge in [0.1, 0.15) is 0 Å². The quantitative estimate of drug-likeness (QED) is 0.231. The number of hydrogen-bond donors (Lipinski definition) is 1. The molecule has 0 saturated carbocycles. The molecule has 0 unspecified atom stereocenters. The van der Waals surface area contributed by atoms with Crippen LogP contribution in [0.2, 0.25) is 0 Å². The second-order valence-electron chi connectivity index (χ2n) is 10.3. The fourth-order valence-corrected chi connectivity index (χ4v) is 5.90. The van der Waals surface area contributed by atoms with Crippen LogP contribution in [0.25, 0.3) is 16.7 Å². The van der Waals surface area contributed by atoms with Crippen molar-refractivity contribution in [2.24, 2.45) is 0 Å². The summed E-state index contributed by atoms with van der Waals surface area (Å²) in [6.07, 6.45) is 2.49. The van der Waals surface area contributed by atoms with Gasteiger partial charge in [0.2, 0.25) is 0 Å². The maximum absolute atomic E-state index is 13.2. The van der Waals surface area contributed by atoms with Crippen molar-refractivity contribution in [1.82, 2.24) is 4.72 Å². The summed E-state index contributed by atoms with van der Waals surface area (Å²) in [5, 5.41) is 0. The van der Waals surface area contributed by atoms with Crippen molar-refractivity contribution in [2.75, 3.05) is 0 Å². The van der Waals surface area contributed by atoms with Crippen LogP contribution in [-0.2, 0) is 16.4 Å². The number of sulfonamides is 1. The number of aryl methyl sites for hydroxylation is 4. The highest BCUT2D eigenvalue weighted by atomic mass is 32.2. The minimum atomic E-state index is -3.73. The molecule has 1 N–H and O–H groups in total. The molecule has 0 saturated heterocycles. The molecule has 3 aromatic carbocycles. The van der Waals surface area contributed by atoms with E-state index in [0.29, 0.717) is 0 Å². The van der Waals surface area contributed by atoms with Crippen molar-refractivity contribution in [3.05, 3.63) is 154 Å². The van der Waals surface area contributed by atoms with Crippen LogP contribution in [0.3, 0.4) is 0 Å². The molecule has 0 fully saturated rings. The van der Waals surface area contributed by atoms with Gasteiger partial charge in [-0.3, -0.25) is 4.72 Å². The van der Waals surface area contributed by atoms with Crippen molar-refractivity contribution >= 4 is 15.6 Å². The summed E-state index contributed by atoms with van der Waals surface area (Å²) in [7, 11) is -3.73. The van der Waals surface area contributed by atoms with Gasteiger partial charge in [0.15, 0.2) is 0 Å². The standard InChI is InChI=1S/C35H33NO2S/c1-24-10-16-30(17-11-24)34(23-36-39(37,38)31-18-12-25(2)13-19-31)33-20-27(4)32-22-29(15-14-26(3)35(32)33)21-28-8-6-5-7-9-28/h5-20,22-23,36H,21H2,1-4H3/b34-23-. The van der Waals surface area contributed by atoms with Gasteiger partial charge in [0.25, 0.3) is 10.0 Å². The zero-order valence-electron chi connectivity index (χ0n) is 22.8. The molecule has 3 aromatic rings. The second-order valence-corrected chi connectivity index (χ2v) is 12.0. The van der Waals surface area contributed by atoms with Gasteiger partial charge in [-0.25, -0.2) is 8.42 Å². The van der Waals surface area contributed by atoms with E-state index in [0.717, 1.165) is 50.9 Å². The minimum absolute atomic E-state index is 0.240. The molecule has 0 radical (unpaired) electrons. The molecule has 5 rings (SSSR count). The van der Waals surface area contributed by atoms with Gasteiger partial charge >= 0.3 is 0 Å². The Bertz CT molecular complexity index is 1720. The Balaban J connectivity index is 1.61. The Morgan fingerprint density at radius 1 is 0.692 bits per heavy atom. The lowest BCUT2D eigenvalue weighted by atomic mass is 9.94. The van der Waals surface area contributed by atoms with Crippen LogP contribution in [0.4, 0.5) is 0 Å². The van der Waals surface area contributed by atoms with Gasteiger partial charge < -0.3 is 0 Å². The Labute approximate surface area is 232 Å². The number of benzene rings is 3. The summed E-state index contributed by atoms with van der Waals surface area (Å²) in [4.78, 5) is 0.240. The minimum Gasteiger partial charge on any atom is -0.286 e. The van der Waals surface area contributed by atoms with Gasteiger partial charge in [-0.15, -0.1) is 0 Å². The van der Waals surface area contributed by atoms with Crippen molar-refractivity contribution < 1.29 is 8.42 Å². The summed E-state index contributed by atoms with van der Waals surface area (Å²) in [6.45, 7) is 8.24. The van der Waals surface area contributed by atoms with Gasteiger partial charge in [-0.05, 0) is 90.8 Å². The zero-order chi connectivity index (χ0) is 27.6. The van der Waals surface area contributed by atoms with Gasteiger partial charge in [0, 0.05) is 11.8 Å². The highest BCUT2D eigenvalue weighted by Gasteiger charge is 2.21. The maximum Gasteiger partial charge on any atom is 0.261 e. The van der Waals surface area contributed by atoms with Gasteiger partial charge in [-0.2, -0.15) is 0 Å². The first-order valence-corrected chi connectivity index (χ1v) is 14.6. The van der Waals surface area contributed by atoms with E-state index < -0.39 is 10.0 Å². The van der Waals surface area contributed by atoms with E-state index >= 15 is 0 Å². The molecule has 196 valence electrons. The SMILES string of the molecule is Cc1ccc(/C(=C/NS(=O)(=O)c2ccc(C)cc2)c2cc(C)c3cc(Cc4ccccc4)ccc(C)c2-3)cc1. The lowest BCUT2D eigenvalue weighted by Gasteiger charge is -2.13. The Hall–Kier alpha value is -4.15. The highest BCUT2D eigenvalue weighted by Crippen LogP contribution is 2.40. The first kappa shape index (κ1) is 26.5. The average Bonchev–Trinajstić information content (AvgIpc) is 3.14. The van der Waals surface area contributed by atoms with Crippen molar-refractivity contribution in [2.45, 2.75) is 39.0 Å². The second kappa shape index (κ2) is 10.9. The molecular weight excluding hydrogens is 498 g/mol. The summed E-state index contributed by atoms with van der Waals surface area (Å²) >= 11 is 0. The largest absolute Gasteiger partial charge is 0.286 e. The molecule has 0 spiro atoms. The zero-order valence-corrected chi connectivity index (χ0v) is 23.6. The smallest absolute Gasteiger partial charge is 0.261 e. The van der Waals surface area contributed by atoms with Crippen LogP contribution >= 0.6 is 0 Å².